The number of rotatable bonds is 5. The molecule has 0 atom stereocenters. The number of aromatic nitrogens is 3. The van der Waals surface area contributed by atoms with Crippen LogP contribution < -0.4 is 11.1 Å². The van der Waals surface area contributed by atoms with Gasteiger partial charge in [-0.2, -0.15) is 0 Å². The standard InChI is InChI=1S/C21H18N4O3S/c1-12(2)13-6-8-14(9-7-13)20-23-17(11-29-20)19(26)22-16-5-3-4-15(10-16)18-24-21(27)28-25-18/h3-12H,1-2H3,(H,22,26)(H,24,25,27). The van der Waals surface area contributed by atoms with Crippen LogP contribution in [0.25, 0.3) is 22.0 Å². The predicted octanol–water partition coefficient (Wildman–Crippen LogP) is 4.53. The lowest BCUT2D eigenvalue weighted by Crippen LogP contribution is -2.12. The fourth-order valence-electron chi connectivity index (χ4n) is 2.81. The molecule has 0 radical (unpaired) electrons. The molecule has 2 heterocycles. The van der Waals surface area contributed by atoms with Crippen LogP contribution >= 0.6 is 11.3 Å². The Morgan fingerprint density at radius 2 is 1.93 bits per heavy atom. The van der Waals surface area contributed by atoms with Crippen molar-refractivity contribution < 1.29 is 9.32 Å². The van der Waals surface area contributed by atoms with Crippen LogP contribution in [0.2, 0.25) is 0 Å². The zero-order valence-corrected chi connectivity index (χ0v) is 16.6. The highest BCUT2D eigenvalue weighted by molar-refractivity contribution is 7.13. The second-order valence-electron chi connectivity index (χ2n) is 6.79. The highest BCUT2D eigenvalue weighted by Crippen LogP contribution is 2.26. The Morgan fingerprint density at radius 1 is 1.14 bits per heavy atom. The molecule has 0 fully saturated rings. The molecule has 7 nitrogen and oxygen atoms in total. The molecule has 146 valence electrons. The molecule has 0 aliphatic heterocycles. The van der Waals surface area contributed by atoms with E-state index in [0.717, 1.165) is 10.6 Å². The van der Waals surface area contributed by atoms with Crippen molar-refractivity contribution >= 4 is 22.9 Å². The number of H-pyrrole nitrogens is 1. The van der Waals surface area contributed by atoms with Gasteiger partial charge in [0.25, 0.3) is 5.91 Å². The highest BCUT2D eigenvalue weighted by atomic mass is 32.1. The van der Waals surface area contributed by atoms with Gasteiger partial charge in [0.1, 0.15) is 10.7 Å². The summed E-state index contributed by atoms with van der Waals surface area (Å²) in [5.74, 6) is -0.178. The molecule has 0 aliphatic carbocycles. The van der Waals surface area contributed by atoms with E-state index in [1.54, 1.807) is 29.6 Å². The Balaban J connectivity index is 1.50. The molecular formula is C21H18N4O3S. The molecule has 0 aliphatic rings. The Kier molecular flexibility index (Phi) is 5.09. The molecule has 0 saturated heterocycles. The third-order valence-electron chi connectivity index (χ3n) is 4.40. The van der Waals surface area contributed by atoms with Gasteiger partial charge in [-0.1, -0.05) is 55.4 Å². The third kappa shape index (κ3) is 4.17. The fraction of sp³-hybridized carbons (Fsp3) is 0.143. The second kappa shape index (κ2) is 7.84. The number of nitrogens with zero attached hydrogens (tertiary/aromatic N) is 2. The smallest absolute Gasteiger partial charge is 0.321 e. The van der Waals surface area contributed by atoms with E-state index in [1.807, 2.05) is 12.1 Å². The van der Waals surface area contributed by atoms with Gasteiger partial charge in [-0.05, 0) is 23.6 Å². The Hall–Kier alpha value is -3.52. The maximum absolute atomic E-state index is 12.6. The van der Waals surface area contributed by atoms with E-state index in [9.17, 15) is 9.59 Å². The summed E-state index contributed by atoms with van der Waals surface area (Å²) in [4.78, 5) is 30.7. The molecule has 29 heavy (non-hydrogen) atoms. The van der Waals surface area contributed by atoms with E-state index in [-0.39, 0.29) is 5.91 Å². The van der Waals surface area contributed by atoms with Gasteiger partial charge in [0.2, 0.25) is 0 Å². The van der Waals surface area contributed by atoms with Crippen molar-refractivity contribution in [1.29, 1.82) is 0 Å². The molecule has 0 spiro atoms. The maximum Gasteiger partial charge on any atom is 0.439 e. The number of carbonyl (C=O) groups excluding carboxylic acids is 1. The van der Waals surface area contributed by atoms with Gasteiger partial charge in [-0.25, -0.2) is 9.78 Å². The van der Waals surface area contributed by atoms with Crippen LogP contribution in [0.3, 0.4) is 0 Å². The minimum atomic E-state index is -0.633. The molecule has 4 aromatic rings. The lowest BCUT2D eigenvalue weighted by Gasteiger charge is -2.05. The van der Waals surface area contributed by atoms with E-state index >= 15 is 0 Å². The van der Waals surface area contributed by atoms with Crippen molar-refractivity contribution in [3.8, 4) is 22.0 Å². The molecule has 2 N–H and O–H groups in total. The second-order valence-corrected chi connectivity index (χ2v) is 7.65. The molecule has 2 aromatic carbocycles. The zero-order chi connectivity index (χ0) is 20.4. The quantitative estimate of drug-likeness (QED) is 0.507. The largest absolute Gasteiger partial charge is 0.439 e. The number of hydrogen-bond acceptors (Lipinski definition) is 6. The Labute approximate surface area is 170 Å². The summed E-state index contributed by atoms with van der Waals surface area (Å²) in [5.41, 5.74) is 3.77. The zero-order valence-electron chi connectivity index (χ0n) is 15.8. The summed E-state index contributed by atoms with van der Waals surface area (Å²) >= 11 is 1.42. The van der Waals surface area contributed by atoms with Crippen LogP contribution in [-0.2, 0) is 0 Å². The van der Waals surface area contributed by atoms with Crippen LogP contribution in [0.4, 0.5) is 5.69 Å². The van der Waals surface area contributed by atoms with Crippen molar-refractivity contribution in [2.75, 3.05) is 5.32 Å². The average molecular weight is 406 g/mol. The van der Waals surface area contributed by atoms with Crippen molar-refractivity contribution in [3.63, 3.8) is 0 Å². The van der Waals surface area contributed by atoms with Gasteiger partial charge < -0.3 is 5.32 Å². The first-order valence-electron chi connectivity index (χ1n) is 9.03. The van der Waals surface area contributed by atoms with Crippen LogP contribution in [0.5, 0.6) is 0 Å². The van der Waals surface area contributed by atoms with Crippen LogP contribution in [0, 0.1) is 0 Å². The third-order valence-corrected chi connectivity index (χ3v) is 5.29. The summed E-state index contributed by atoms with van der Waals surface area (Å²) in [7, 11) is 0. The number of benzene rings is 2. The van der Waals surface area contributed by atoms with E-state index < -0.39 is 5.76 Å². The van der Waals surface area contributed by atoms with Gasteiger partial charge in [-0.3, -0.25) is 14.3 Å². The molecule has 8 heteroatoms. The number of anilines is 1. The number of thiazole rings is 1. The molecule has 2 aromatic heterocycles. The molecule has 0 bridgehead atoms. The molecule has 1 amide bonds. The van der Waals surface area contributed by atoms with Gasteiger partial charge >= 0.3 is 5.76 Å². The van der Waals surface area contributed by atoms with Gasteiger partial charge in [-0.15, -0.1) is 11.3 Å². The summed E-state index contributed by atoms with van der Waals surface area (Å²) in [6.07, 6.45) is 0. The van der Waals surface area contributed by atoms with Gasteiger partial charge in [0.15, 0.2) is 5.82 Å². The minimum absolute atomic E-state index is 0.298. The first-order valence-corrected chi connectivity index (χ1v) is 9.91. The number of nitrogens with one attached hydrogen (secondary N) is 2. The lowest BCUT2D eigenvalue weighted by molar-refractivity contribution is 0.102. The SMILES string of the molecule is CC(C)c1ccc(-c2nc(C(=O)Nc3cccc(-c4noc(=O)[nH]4)c3)cs2)cc1. The summed E-state index contributed by atoms with van der Waals surface area (Å²) in [6.45, 7) is 4.30. The van der Waals surface area contributed by atoms with Gasteiger partial charge in [0, 0.05) is 22.2 Å². The van der Waals surface area contributed by atoms with Crippen LogP contribution in [0.15, 0.2) is 63.2 Å². The number of amides is 1. The van der Waals surface area contributed by atoms with Crippen molar-refractivity contribution in [3.05, 3.63) is 75.7 Å². The van der Waals surface area contributed by atoms with Crippen molar-refractivity contribution in [2.24, 2.45) is 0 Å². The predicted molar refractivity (Wildman–Crippen MR) is 112 cm³/mol. The van der Waals surface area contributed by atoms with Crippen LogP contribution in [-0.4, -0.2) is 21.0 Å². The van der Waals surface area contributed by atoms with Gasteiger partial charge in [0.05, 0.1) is 0 Å². The molecule has 4 rings (SSSR count). The lowest BCUT2D eigenvalue weighted by atomic mass is 10.0. The van der Waals surface area contributed by atoms with Crippen LogP contribution in [0.1, 0.15) is 35.8 Å². The van der Waals surface area contributed by atoms with E-state index in [1.165, 1.54) is 16.9 Å². The number of hydrogen-bond donors (Lipinski definition) is 2. The number of carbonyl (C=O) groups is 1. The van der Waals surface area contributed by atoms with E-state index in [4.69, 9.17) is 0 Å². The summed E-state index contributed by atoms with van der Waals surface area (Å²) in [6, 6.07) is 15.2. The first-order chi connectivity index (χ1) is 14.0. The van der Waals surface area contributed by atoms with Crippen molar-refractivity contribution in [2.45, 2.75) is 19.8 Å². The first kappa shape index (κ1) is 18.8. The van der Waals surface area contributed by atoms with E-state index in [2.05, 4.69) is 50.9 Å². The monoisotopic (exact) mass is 406 g/mol. The normalized spacial score (nSPS) is 11.0. The van der Waals surface area contributed by atoms with E-state index in [0.29, 0.717) is 28.7 Å². The Morgan fingerprint density at radius 3 is 2.62 bits per heavy atom. The maximum atomic E-state index is 12.6. The number of aromatic amines is 1. The van der Waals surface area contributed by atoms with Crippen molar-refractivity contribution in [1.82, 2.24) is 15.1 Å². The molecular weight excluding hydrogens is 388 g/mol. The summed E-state index contributed by atoms with van der Waals surface area (Å²) in [5, 5.41) is 9.00. The topological polar surface area (TPSA) is 101 Å². The minimum Gasteiger partial charge on any atom is -0.321 e. The highest BCUT2D eigenvalue weighted by Gasteiger charge is 2.13. The molecule has 0 unspecified atom stereocenters. The Bertz CT molecular complexity index is 1200. The summed E-state index contributed by atoms with van der Waals surface area (Å²) < 4.78 is 4.52. The fourth-order valence-corrected chi connectivity index (χ4v) is 3.62. The molecule has 0 saturated carbocycles. The average Bonchev–Trinajstić information content (AvgIpc) is 3.38.